The Bertz CT molecular complexity index is 1960. The van der Waals surface area contributed by atoms with Gasteiger partial charge in [-0.1, -0.05) is 65.9 Å². The van der Waals surface area contributed by atoms with Gasteiger partial charge in [-0.25, -0.2) is 9.79 Å². The van der Waals surface area contributed by atoms with Gasteiger partial charge in [0.1, 0.15) is 10.3 Å². The number of carbonyl (C=O) groups is 2. The van der Waals surface area contributed by atoms with Crippen LogP contribution in [0.25, 0.3) is 5.57 Å². The molecule has 3 heterocycles. The van der Waals surface area contributed by atoms with E-state index in [-0.39, 0.29) is 22.6 Å². The van der Waals surface area contributed by atoms with Crippen molar-refractivity contribution in [3.8, 4) is 5.75 Å². The number of para-hydroxylation sites is 1. The molecular weight excluding hydrogens is 618 g/mol. The first-order valence-corrected chi connectivity index (χ1v) is 15.0. The number of fused-ring (bicyclic) bond motifs is 2. The van der Waals surface area contributed by atoms with Crippen molar-refractivity contribution in [2.75, 3.05) is 18.6 Å². The Kier molecular flexibility index (Phi) is 7.42. The molecule has 6 rings (SSSR count). The Hall–Kier alpha value is -4.28. The van der Waals surface area contributed by atoms with Crippen molar-refractivity contribution >= 4 is 50.4 Å². The van der Waals surface area contributed by atoms with Gasteiger partial charge in [0.15, 0.2) is 4.80 Å². The Morgan fingerprint density at radius 3 is 2.50 bits per heavy atom. The molecule has 2 aliphatic rings. The van der Waals surface area contributed by atoms with Gasteiger partial charge >= 0.3 is 5.97 Å². The third kappa shape index (κ3) is 4.60. The standard InChI is InChI=1S/C32H26BrN3O5S/c1-4-41-31(39)25-18(2)34-32-36(27(25)20-14-15-24(40-3)22(33)16-20)30(38)28(42-32)26-21-12-8-9-13-23(21)35(29(26)37)17-19-10-6-5-7-11-19/h5-16,27H,4,17H2,1-3H3/b28-26-/t27-/m0/s1. The third-order valence-electron chi connectivity index (χ3n) is 7.32. The zero-order chi connectivity index (χ0) is 29.5. The number of methoxy groups -OCH3 is 1. The molecule has 0 saturated carbocycles. The number of allylic oxidation sites excluding steroid dienone is 1. The molecule has 1 amide bonds. The summed E-state index contributed by atoms with van der Waals surface area (Å²) in [6.07, 6.45) is 0. The van der Waals surface area contributed by atoms with Crippen LogP contribution in [0.4, 0.5) is 5.69 Å². The second kappa shape index (κ2) is 11.2. The van der Waals surface area contributed by atoms with Gasteiger partial charge in [0, 0.05) is 5.56 Å². The lowest BCUT2D eigenvalue weighted by atomic mass is 9.96. The van der Waals surface area contributed by atoms with Crippen molar-refractivity contribution in [3.05, 3.63) is 125 Å². The van der Waals surface area contributed by atoms with Crippen molar-refractivity contribution in [3.63, 3.8) is 0 Å². The number of ether oxygens (including phenoxy) is 2. The molecule has 0 spiro atoms. The summed E-state index contributed by atoms with van der Waals surface area (Å²) >= 11 is 4.69. The van der Waals surface area contributed by atoms with E-state index in [2.05, 4.69) is 20.9 Å². The van der Waals surface area contributed by atoms with Crippen molar-refractivity contribution in [1.82, 2.24) is 4.57 Å². The summed E-state index contributed by atoms with van der Waals surface area (Å²) in [5, 5.41) is 0. The zero-order valence-electron chi connectivity index (χ0n) is 23.1. The summed E-state index contributed by atoms with van der Waals surface area (Å²) in [6, 6.07) is 21.8. The number of carbonyl (C=O) groups excluding carboxylic acids is 2. The Balaban J connectivity index is 1.58. The molecule has 8 nitrogen and oxygen atoms in total. The van der Waals surface area contributed by atoms with E-state index < -0.39 is 17.6 Å². The first-order chi connectivity index (χ1) is 20.3. The van der Waals surface area contributed by atoms with E-state index in [0.717, 1.165) is 22.6 Å². The highest BCUT2D eigenvalue weighted by atomic mass is 79.9. The Morgan fingerprint density at radius 2 is 1.79 bits per heavy atom. The smallest absolute Gasteiger partial charge is 0.338 e. The van der Waals surface area contributed by atoms with Crippen molar-refractivity contribution in [2.45, 2.75) is 26.4 Å². The lowest BCUT2D eigenvalue weighted by Crippen LogP contribution is -2.41. The second-order valence-corrected chi connectivity index (χ2v) is 11.6. The van der Waals surface area contributed by atoms with E-state index in [1.165, 1.54) is 4.57 Å². The molecule has 1 aromatic heterocycles. The van der Waals surface area contributed by atoms with Crippen LogP contribution in [-0.4, -0.2) is 30.2 Å². The zero-order valence-corrected chi connectivity index (χ0v) is 25.5. The summed E-state index contributed by atoms with van der Waals surface area (Å²) in [5.41, 5.74) is 3.72. The minimum absolute atomic E-state index is 0.172. The second-order valence-electron chi connectivity index (χ2n) is 9.79. The monoisotopic (exact) mass is 643 g/mol. The predicted octanol–water partition coefficient (Wildman–Crippen LogP) is 4.49. The number of esters is 1. The lowest BCUT2D eigenvalue weighted by molar-refractivity contribution is -0.139. The molecule has 2 aliphatic heterocycles. The van der Waals surface area contributed by atoms with Gasteiger partial charge < -0.3 is 14.4 Å². The van der Waals surface area contributed by atoms with Crippen LogP contribution in [0.15, 0.2) is 98.3 Å². The van der Waals surface area contributed by atoms with Crippen LogP contribution in [0.3, 0.4) is 0 Å². The minimum Gasteiger partial charge on any atom is -0.496 e. The summed E-state index contributed by atoms with van der Waals surface area (Å²) in [6.45, 7) is 4.00. The van der Waals surface area contributed by atoms with Crippen LogP contribution in [-0.2, 0) is 20.9 Å². The number of thiazole rings is 1. The highest BCUT2D eigenvalue weighted by Crippen LogP contribution is 2.37. The fourth-order valence-electron chi connectivity index (χ4n) is 5.43. The maximum atomic E-state index is 14.4. The Morgan fingerprint density at radius 1 is 1.05 bits per heavy atom. The maximum Gasteiger partial charge on any atom is 0.338 e. The molecule has 0 aliphatic carbocycles. The van der Waals surface area contributed by atoms with Gasteiger partial charge in [0.2, 0.25) is 0 Å². The fourth-order valence-corrected chi connectivity index (χ4v) is 7.13. The molecule has 42 heavy (non-hydrogen) atoms. The van der Waals surface area contributed by atoms with Crippen LogP contribution in [0, 0.1) is 0 Å². The first-order valence-electron chi connectivity index (χ1n) is 13.3. The molecule has 0 fully saturated rings. The lowest BCUT2D eigenvalue weighted by Gasteiger charge is -2.25. The number of hydrogen-bond donors (Lipinski definition) is 0. The molecular formula is C32H26BrN3O5S. The number of aromatic nitrogens is 1. The summed E-state index contributed by atoms with van der Waals surface area (Å²) in [5.74, 6) is -0.196. The molecule has 0 N–H and O–H groups in total. The Labute approximate surface area is 254 Å². The largest absolute Gasteiger partial charge is 0.496 e. The van der Waals surface area contributed by atoms with Crippen molar-refractivity contribution < 1.29 is 19.1 Å². The van der Waals surface area contributed by atoms with Gasteiger partial charge in [-0.3, -0.25) is 14.2 Å². The normalized spacial score (nSPS) is 17.1. The number of benzene rings is 3. The van der Waals surface area contributed by atoms with Crippen LogP contribution < -0.4 is 24.5 Å². The molecule has 3 aromatic carbocycles. The molecule has 4 aromatic rings. The van der Waals surface area contributed by atoms with Crippen molar-refractivity contribution in [1.29, 1.82) is 0 Å². The number of amides is 1. The first kappa shape index (κ1) is 27.9. The average Bonchev–Trinajstić information content (AvgIpc) is 3.45. The van der Waals surface area contributed by atoms with Crippen molar-refractivity contribution in [2.24, 2.45) is 4.99 Å². The molecule has 0 saturated heterocycles. The van der Waals surface area contributed by atoms with E-state index in [9.17, 15) is 14.4 Å². The number of rotatable bonds is 6. The van der Waals surface area contributed by atoms with Crippen LogP contribution in [0.5, 0.6) is 5.75 Å². The molecule has 1 atom stereocenters. The van der Waals surface area contributed by atoms with Gasteiger partial charge in [0.05, 0.1) is 53.3 Å². The summed E-state index contributed by atoms with van der Waals surface area (Å²) < 4.78 is 13.2. The number of halogens is 1. The summed E-state index contributed by atoms with van der Waals surface area (Å²) in [4.78, 5) is 48.4. The molecule has 10 heteroatoms. The minimum atomic E-state index is -0.816. The van der Waals surface area contributed by atoms with E-state index in [0.29, 0.717) is 44.0 Å². The molecule has 212 valence electrons. The van der Waals surface area contributed by atoms with Crippen LogP contribution in [0.2, 0.25) is 0 Å². The number of hydrogen-bond acceptors (Lipinski definition) is 7. The van der Waals surface area contributed by atoms with E-state index in [1.54, 1.807) is 31.9 Å². The van der Waals surface area contributed by atoms with Gasteiger partial charge in [-0.15, -0.1) is 0 Å². The molecule has 0 bridgehead atoms. The number of nitrogens with zero attached hydrogens (tertiary/aromatic N) is 3. The van der Waals surface area contributed by atoms with Gasteiger partial charge in [-0.05, 0) is 59.1 Å². The average molecular weight is 645 g/mol. The van der Waals surface area contributed by atoms with E-state index >= 15 is 0 Å². The van der Waals surface area contributed by atoms with Gasteiger partial charge in [0.25, 0.3) is 11.5 Å². The van der Waals surface area contributed by atoms with E-state index in [4.69, 9.17) is 9.47 Å². The number of anilines is 1. The topological polar surface area (TPSA) is 90.2 Å². The summed E-state index contributed by atoms with van der Waals surface area (Å²) in [7, 11) is 1.57. The fraction of sp³-hybridized carbons (Fsp3) is 0.188. The third-order valence-corrected chi connectivity index (χ3v) is 8.99. The quantitative estimate of drug-likeness (QED) is 0.289. The van der Waals surface area contributed by atoms with Crippen LogP contribution in [0.1, 0.15) is 36.6 Å². The highest BCUT2D eigenvalue weighted by Gasteiger charge is 2.37. The van der Waals surface area contributed by atoms with Crippen LogP contribution >= 0.6 is 27.3 Å². The molecule has 0 unspecified atom stereocenters. The maximum absolute atomic E-state index is 14.4. The highest BCUT2D eigenvalue weighted by molar-refractivity contribution is 9.10. The van der Waals surface area contributed by atoms with E-state index in [1.807, 2.05) is 66.7 Å². The molecule has 0 radical (unpaired) electrons. The predicted molar refractivity (Wildman–Crippen MR) is 164 cm³/mol. The van der Waals surface area contributed by atoms with Gasteiger partial charge in [-0.2, -0.15) is 0 Å². The SMILES string of the molecule is CCOC(=O)C1=C(C)N=c2s/c(=C3\C(=O)N(Cc4ccccc4)c4ccccc43)c(=O)n2[C@H]1c1ccc(OC)c(Br)c1.